The maximum Gasteiger partial charge on any atom is 0.307 e. The van der Waals surface area contributed by atoms with E-state index in [4.69, 9.17) is 5.11 Å². The van der Waals surface area contributed by atoms with Crippen molar-refractivity contribution in [3.63, 3.8) is 0 Å². The molecule has 6 nitrogen and oxygen atoms in total. The molecule has 0 bridgehead atoms. The van der Waals surface area contributed by atoms with E-state index in [0.717, 1.165) is 11.4 Å². The molecule has 7 heteroatoms. The molecule has 2 N–H and O–H groups in total. The fourth-order valence-electron chi connectivity index (χ4n) is 2.79. The topological polar surface area (TPSA) is 84.2 Å². The van der Waals surface area contributed by atoms with Gasteiger partial charge in [-0.2, -0.15) is 5.10 Å². The number of halogens is 1. The van der Waals surface area contributed by atoms with Crippen LogP contribution in [0.25, 0.3) is 5.69 Å². The Hall–Kier alpha value is -2.70. The van der Waals surface area contributed by atoms with Crippen LogP contribution in [0.5, 0.6) is 0 Å². The number of aromatic nitrogens is 2. The summed E-state index contributed by atoms with van der Waals surface area (Å²) in [5.41, 5.74) is 1.55. The first-order chi connectivity index (χ1) is 11.5. The third kappa shape index (κ3) is 3.45. The van der Waals surface area contributed by atoms with Crippen LogP contribution in [-0.2, 0) is 16.0 Å². The minimum absolute atomic E-state index is 0.202. The van der Waals surface area contributed by atoms with E-state index in [1.54, 1.807) is 23.0 Å². The van der Waals surface area contributed by atoms with Crippen LogP contribution in [0.2, 0.25) is 0 Å². The Morgan fingerprint density at radius 2 is 1.92 bits per heavy atom. The number of benzene rings is 1. The minimum atomic E-state index is -0.903. The lowest BCUT2D eigenvalue weighted by molar-refractivity contribution is -0.152. The summed E-state index contributed by atoms with van der Waals surface area (Å²) in [5, 5.41) is 16.1. The Kier molecular flexibility index (Phi) is 4.59. The van der Waals surface area contributed by atoms with Gasteiger partial charge in [0.25, 0.3) is 0 Å². The van der Waals surface area contributed by atoms with E-state index in [2.05, 4.69) is 10.4 Å². The number of nitrogens with one attached hydrogen (secondary N) is 1. The predicted molar refractivity (Wildman–Crippen MR) is 84.1 cm³/mol. The van der Waals surface area contributed by atoms with Gasteiger partial charge >= 0.3 is 5.97 Å². The Morgan fingerprint density at radius 1 is 1.21 bits per heavy atom. The molecule has 1 heterocycles. The van der Waals surface area contributed by atoms with Crippen molar-refractivity contribution in [1.82, 2.24) is 15.1 Å². The fraction of sp³-hybridized carbons (Fsp3) is 0.353. The van der Waals surface area contributed by atoms with Crippen molar-refractivity contribution in [1.29, 1.82) is 0 Å². The minimum Gasteiger partial charge on any atom is -0.481 e. The van der Waals surface area contributed by atoms with E-state index in [-0.39, 0.29) is 11.7 Å². The maximum atomic E-state index is 12.9. The van der Waals surface area contributed by atoms with Crippen LogP contribution in [-0.4, -0.2) is 33.3 Å². The third-order valence-electron chi connectivity index (χ3n) is 4.34. The molecule has 2 aromatic rings. The highest BCUT2D eigenvalue weighted by Gasteiger charge is 2.41. The lowest BCUT2D eigenvalue weighted by Gasteiger charge is -2.31. The summed E-state index contributed by atoms with van der Waals surface area (Å²) in [4.78, 5) is 22.9. The number of hydrogen-bond donors (Lipinski definition) is 2. The first-order valence-electron chi connectivity index (χ1n) is 7.85. The molecular formula is C17H18FN3O3. The zero-order valence-electron chi connectivity index (χ0n) is 13.0. The molecule has 1 amide bonds. The van der Waals surface area contributed by atoms with Crippen LogP contribution in [0.15, 0.2) is 36.5 Å². The van der Waals surface area contributed by atoms with Gasteiger partial charge in [0.15, 0.2) is 0 Å². The number of aliphatic carboxylic acids is 1. The van der Waals surface area contributed by atoms with E-state index >= 15 is 0 Å². The number of hydrogen-bond acceptors (Lipinski definition) is 3. The first kappa shape index (κ1) is 16.2. The van der Waals surface area contributed by atoms with E-state index in [1.807, 2.05) is 6.07 Å². The molecule has 126 valence electrons. The number of amides is 1. The molecule has 1 fully saturated rings. The maximum absolute atomic E-state index is 12.9. The van der Waals surface area contributed by atoms with E-state index < -0.39 is 17.8 Å². The summed E-state index contributed by atoms with van der Waals surface area (Å²) in [5.74, 6) is -2.38. The van der Waals surface area contributed by atoms with Crippen molar-refractivity contribution in [2.75, 3.05) is 6.54 Å². The molecule has 1 aromatic heterocycles. The van der Waals surface area contributed by atoms with Crippen molar-refractivity contribution in [3.8, 4) is 5.69 Å². The van der Waals surface area contributed by atoms with Crippen LogP contribution in [0.4, 0.5) is 4.39 Å². The quantitative estimate of drug-likeness (QED) is 0.845. The van der Waals surface area contributed by atoms with Crippen molar-refractivity contribution in [2.45, 2.75) is 19.3 Å². The van der Waals surface area contributed by atoms with Gasteiger partial charge in [0, 0.05) is 19.2 Å². The Bertz CT molecular complexity index is 742. The molecule has 1 aliphatic carbocycles. The van der Waals surface area contributed by atoms with Gasteiger partial charge in [0.05, 0.1) is 23.2 Å². The van der Waals surface area contributed by atoms with Gasteiger partial charge < -0.3 is 10.4 Å². The second-order valence-corrected chi connectivity index (χ2v) is 5.90. The predicted octanol–water partition coefficient (Wildman–Crippen LogP) is 1.78. The molecule has 1 aromatic carbocycles. The van der Waals surface area contributed by atoms with Crippen molar-refractivity contribution < 1.29 is 19.1 Å². The van der Waals surface area contributed by atoms with Gasteiger partial charge in [0.1, 0.15) is 5.82 Å². The lowest BCUT2D eigenvalue weighted by Crippen LogP contribution is -2.44. The second-order valence-electron chi connectivity index (χ2n) is 5.90. The number of nitrogens with zero attached hydrogens (tertiary/aromatic N) is 2. The van der Waals surface area contributed by atoms with Crippen molar-refractivity contribution >= 4 is 11.9 Å². The number of carboxylic acids is 1. The van der Waals surface area contributed by atoms with Gasteiger partial charge in [0.2, 0.25) is 5.91 Å². The molecule has 1 aliphatic rings. The fourth-order valence-corrected chi connectivity index (χ4v) is 2.79. The summed E-state index contributed by atoms with van der Waals surface area (Å²) in [6.07, 6.45) is 3.51. The number of carboxylic acid groups (broad SMARTS) is 1. The monoisotopic (exact) mass is 331 g/mol. The highest BCUT2D eigenvalue weighted by Crippen LogP contribution is 2.34. The summed E-state index contributed by atoms with van der Waals surface area (Å²) in [7, 11) is 0. The van der Waals surface area contributed by atoms with E-state index in [0.29, 0.717) is 25.8 Å². The van der Waals surface area contributed by atoms with Crippen LogP contribution in [0.1, 0.15) is 18.5 Å². The Morgan fingerprint density at radius 3 is 2.54 bits per heavy atom. The van der Waals surface area contributed by atoms with Crippen LogP contribution < -0.4 is 5.32 Å². The van der Waals surface area contributed by atoms with Crippen molar-refractivity contribution in [3.05, 3.63) is 48.0 Å². The molecule has 0 spiro atoms. The van der Waals surface area contributed by atoms with Gasteiger partial charge in [-0.1, -0.05) is 0 Å². The molecule has 0 radical (unpaired) electrons. The summed E-state index contributed by atoms with van der Waals surface area (Å²) >= 11 is 0. The molecule has 0 saturated heterocycles. The molecule has 3 rings (SSSR count). The average Bonchev–Trinajstić information content (AvgIpc) is 2.95. The average molecular weight is 331 g/mol. The van der Waals surface area contributed by atoms with Crippen LogP contribution in [0.3, 0.4) is 0 Å². The Labute approximate surface area is 138 Å². The molecule has 2 atom stereocenters. The lowest BCUT2D eigenvalue weighted by atomic mass is 9.73. The van der Waals surface area contributed by atoms with Gasteiger partial charge in [-0.25, -0.2) is 9.07 Å². The molecule has 24 heavy (non-hydrogen) atoms. The van der Waals surface area contributed by atoms with Gasteiger partial charge in [-0.05, 0) is 43.2 Å². The number of carbonyl (C=O) groups excluding carboxylic acids is 1. The summed E-state index contributed by atoms with van der Waals surface area (Å²) in [6.45, 7) is 0.405. The van der Waals surface area contributed by atoms with Crippen LogP contribution >= 0.6 is 0 Å². The number of carbonyl (C=O) groups is 2. The van der Waals surface area contributed by atoms with Gasteiger partial charge in [-0.15, -0.1) is 0 Å². The van der Waals surface area contributed by atoms with Gasteiger partial charge in [-0.3, -0.25) is 9.59 Å². The SMILES string of the molecule is O=C(O)C1CCC1C(=O)NCCc1ccn(-c2ccc(F)cc2)n1. The normalized spacial score (nSPS) is 19.5. The number of rotatable bonds is 6. The first-order valence-corrected chi connectivity index (χ1v) is 7.85. The standard InChI is InChI=1S/C17H18FN3O3/c18-11-1-3-13(4-2-11)21-10-8-12(20-21)7-9-19-16(22)14-5-6-15(14)17(23)24/h1-4,8,10,14-15H,5-7,9H2,(H,19,22)(H,23,24). The Balaban J connectivity index is 1.50. The highest BCUT2D eigenvalue weighted by atomic mass is 19.1. The molecule has 1 saturated carbocycles. The van der Waals surface area contributed by atoms with E-state index in [9.17, 15) is 14.0 Å². The molecular weight excluding hydrogens is 313 g/mol. The highest BCUT2D eigenvalue weighted by molar-refractivity contribution is 5.86. The second kappa shape index (κ2) is 6.82. The molecule has 0 aliphatic heterocycles. The summed E-state index contributed by atoms with van der Waals surface area (Å²) < 4.78 is 14.6. The van der Waals surface area contributed by atoms with E-state index in [1.165, 1.54) is 12.1 Å². The van der Waals surface area contributed by atoms with Crippen molar-refractivity contribution in [2.24, 2.45) is 11.8 Å². The zero-order valence-corrected chi connectivity index (χ0v) is 13.0. The third-order valence-corrected chi connectivity index (χ3v) is 4.34. The molecule has 2 unspecified atom stereocenters. The zero-order chi connectivity index (χ0) is 17.1. The van der Waals surface area contributed by atoms with Crippen LogP contribution in [0, 0.1) is 17.7 Å². The largest absolute Gasteiger partial charge is 0.481 e. The summed E-state index contributed by atoms with van der Waals surface area (Å²) in [6, 6.07) is 7.84. The smallest absolute Gasteiger partial charge is 0.307 e.